The van der Waals surface area contributed by atoms with Crippen molar-refractivity contribution in [1.82, 2.24) is 0 Å². The number of carbonyl (C=O) groups is 1. The van der Waals surface area contributed by atoms with Gasteiger partial charge in [0.15, 0.2) is 11.5 Å². The molecule has 6 heteroatoms. The molecule has 0 aliphatic carbocycles. The lowest BCUT2D eigenvalue weighted by Gasteiger charge is -2.12. The number of hydrogen-bond donors (Lipinski definition) is 1. The number of anilines is 1. The molecule has 5 nitrogen and oxygen atoms in total. The van der Waals surface area contributed by atoms with E-state index in [4.69, 9.17) is 9.47 Å². The highest BCUT2D eigenvalue weighted by Gasteiger charge is 2.11. The fraction of sp³-hybridized carbons (Fsp3) is 0.154. The van der Waals surface area contributed by atoms with E-state index in [1.54, 1.807) is 25.3 Å². The first-order valence-electron chi connectivity index (χ1n) is 10.1. The number of methoxy groups -OCH3 is 1. The van der Waals surface area contributed by atoms with Crippen molar-refractivity contribution in [2.24, 2.45) is 0 Å². The lowest BCUT2D eigenvalue weighted by atomic mass is 10.1. The van der Waals surface area contributed by atoms with Crippen LogP contribution in [0.5, 0.6) is 11.5 Å². The van der Waals surface area contributed by atoms with E-state index in [9.17, 15) is 10.1 Å². The number of nitrogens with one attached hydrogen (secondary N) is 1. The summed E-state index contributed by atoms with van der Waals surface area (Å²) in [5.74, 6) is 0.626. The highest BCUT2D eigenvalue weighted by Crippen LogP contribution is 2.30. The van der Waals surface area contributed by atoms with Gasteiger partial charge >= 0.3 is 0 Å². The van der Waals surface area contributed by atoms with E-state index in [0.29, 0.717) is 29.4 Å². The van der Waals surface area contributed by atoms with Crippen molar-refractivity contribution in [3.63, 3.8) is 0 Å². The third kappa shape index (κ3) is 6.22. The number of hydrogen-bond acceptors (Lipinski definition) is 4. The summed E-state index contributed by atoms with van der Waals surface area (Å²) in [5, 5.41) is 12.2. The second kappa shape index (κ2) is 11.2. The zero-order valence-electron chi connectivity index (χ0n) is 17.9. The summed E-state index contributed by atoms with van der Waals surface area (Å²) < 4.78 is 12.3. The highest BCUT2D eigenvalue weighted by molar-refractivity contribution is 9.10. The van der Waals surface area contributed by atoms with Gasteiger partial charge < -0.3 is 14.8 Å². The van der Waals surface area contributed by atoms with Crippen molar-refractivity contribution in [2.75, 3.05) is 12.4 Å². The summed E-state index contributed by atoms with van der Waals surface area (Å²) in [7, 11) is 1.55. The summed E-state index contributed by atoms with van der Waals surface area (Å²) in [4.78, 5) is 12.5. The Bertz CT molecular complexity index is 1150. The van der Waals surface area contributed by atoms with Gasteiger partial charge in [0.05, 0.1) is 7.11 Å². The molecule has 0 spiro atoms. The van der Waals surface area contributed by atoms with Gasteiger partial charge in [0, 0.05) is 10.2 Å². The number of aryl methyl sites for hydroxylation is 1. The van der Waals surface area contributed by atoms with E-state index in [1.165, 1.54) is 11.6 Å². The Morgan fingerprint density at radius 2 is 1.72 bits per heavy atom. The van der Waals surface area contributed by atoms with E-state index < -0.39 is 5.91 Å². The van der Waals surface area contributed by atoms with Gasteiger partial charge in [-0.15, -0.1) is 0 Å². The van der Waals surface area contributed by atoms with Crippen molar-refractivity contribution < 1.29 is 14.3 Å². The van der Waals surface area contributed by atoms with Gasteiger partial charge in [0.25, 0.3) is 5.91 Å². The molecule has 1 N–H and O–H groups in total. The van der Waals surface area contributed by atoms with Crippen molar-refractivity contribution >= 4 is 33.6 Å². The molecule has 0 aromatic heterocycles. The lowest BCUT2D eigenvalue weighted by molar-refractivity contribution is -0.112. The quantitative estimate of drug-likeness (QED) is 0.303. The molecular weight excluding hydrogens is 468 g/mol. The van der Waals surface area contributed by atoms with Crippen LogP contribution in [-0.4, -0.2) is 13.0 Å². The zero-order chi connectivity index (χ0) is 22.9. The summed E-state index contributed by atoms with van der Waals surface area (Å²) in [6, 6.07) is 22.6. The van der Waals surface area contributed by atoms with Crippen LogP contribution in [0.25, 0.3) is 6.08 Å². The van der Waals surface area contributed by atoms with Crippen LogP contribution in [0.15, 0.2) is 76.8 Å². The summed E-state index contributed by atoms with van der Waals surface area (Å²) in [6.07, 6.45) is 2.44. The Balaban J connectivity index is 1.72. The Labute approximate surface area is 196 Å². The molecule has 0 fully saturated rings. The van der Waals surface area contributed by atoms with Gasteiger partial charge in [-0.2, -0.15) is 5.26 Å². The number of amides is 1. The molecule has 32 heavy (non-hydrogen) atoms. The fourth-order valence-electron chi connectivity index (χ4n) is 2.97. The second-order valence-electron chi connectivity index (χ2n) is 7.00. The number of benzene rings is 3. The summed E-state index contributed by atoms with van der Waals surface area (Å²) in [5.41, 5.74) is 3.49. The molecule has 162 valence electrons. The van der Waals surface area contributed by atoms with Gasteiger partial charge in [-0.1, -0.05) is 53.2 Å². The van der Waals surface area contributed by atoms with Crippen LogP contribution >= 0.6 is 15.9 Å². The topological polar surface area (TPSA) is 71.4 Å². The van der Waals surface area contributed by atoms with E-state index in [1.807, 2.05) is 54.6 Å². The predicted molar refractivity (Wildman–Crippen MR) is 130 cm³/mol. The van der Waals surface area contributed by atoms with E-state index >= 15 is 0 Å². The fourth-order valence-corrected chi connectivity index (χ4v) is 3.24. The molecule has 3 aromatic rings. The van der Waals surface area contributed by atoms with Crippen LogP contribution in [0.2, 0.25) is 0 Å². The maximum atomic E-state index is 12.5. The number of carbonyl (C=O) groups excluding carboxylic acids is 1. The second-order valence-corrected chi connectivity index (χ2v) is 7.92. The number of nitriles is 1. The molecule has 1 amide bonds. The first kappa shape index (κ1) is 23.1. The maximum absolute atomic E-state index is 12.5. The van der Waals surface area contributed by atoms with Gasteiger partial charge in [0.1, 0.15) is 18.2 Å². The molecule has 0 saturated heterocycles. The summed E-state index contributed by atoms with van der Waals surface area (Å²) >= 11 is 3.41. The molecule has 0 bridgehead atoms. The number of ether oxygens (including phenoxy) is 2. The molecule has 0 aliphatic heterocycles. The number of rotatable bonds is 8. The van der Waals surface area contributed by atoms with Crippen molar-refractivity contribution in [2.45, 2.75) is 20.0 Å². The molecule has 0 unspecified atom stereocenters. The van der Waals surface area contributed by atoms with E-state index in [2.05, 4.69) is 28.2 Å². The standard InChI is InChI=1S/C26H23BrN2O3/c1-3-18-6-11-23(12-7-18)29-26(30)21(16-28)14-20-8-13-24(25(15-20)31-2)32-17-19-4-9-22(27)10-5-19/h4-15H,3,17H2,1-2H3,(H,29,30)/b21-14-. The van der Waals surface area contributed by atoms with Crippen LogP contribution < -0.4 is 14.8 Å². The molecule has 3 aromatic carbocycles. The average molecular weight is 491 g/mol. The molecule has 0 radical (unpaired) electrons. The lowest BCUT2D eigenvalue weighted by Crippen LogP contribution is -2.13. The SMILES string of the molecule is CCc1ccc(NC(=O)/C(C#N)=C\c2ccc(OCc3ccc(Br)cc3)c(OC)c2)cc1. The Hall–Kier alpha value is -3.56. The minimum atomic E-state index is -0.466. The normalized spacial score (nSPS) is 10.9. The average Bonchev–Trinajstić information content (AvgIpc) is 2.82. The maximum Gasteiger partial charge on any atom is 0.266 e. The monoisotopic (exact) mass is 490 g/mol. The van der Waals surface area contributed by atoms with E-state index in [0.717, 1.165) is 16.5 Å². The van der Waals surface area contributed by atoms with Crippen LogP contribution in [-0.2, 0) is 17.8 Å². The molecule has 0 saturated carbocycles. The van der Waals surface area contributed by atoms with Crippen molar-refractivity contribution in [3.8, 4) is 17.6 Å². The molecule has 3 rings (SSSR count). The minimum Gasteiger partial charge on any atom is -0.493 e. The minimum absolute atomic E-state index is 0.00449. The first-order chi connectivity index (χ1) is 15.5. The predicted octanol–water partition coefficient (Wildman–Crippen LogP) is 6.14. The first-order valence-corrected chi connectivity index (χ1v) is 10.9. The van der Waals surface area contributed by atoms with Crippen LogP contribution in [0, 0.1) is 11.3 Å². The van der Waals surface area contributed by atoms with E-state index in [-0.39, 0.29) is 5.57 Å². The Kier molecular flexibility index (Phi) is 8.07. The number of halogens is 1. The smallest absolute Gasteiger partial charge is 0.266 e. The van der Waals surface area contributed by atoms with Gasteiger partial charge in [0.2, 0.25) is 0 Å². The largest absolute Gasteiger partial charge is 0.493 e. The van der Waals surface area contributed by atoms with Crippen molar-refractivity contribution in [1.29, 1.82) is 5.26 Å². The third-order valence-corrected chi connectivity index (χ3v) is 5.32. The third-order valence-electron chi connectivity index (χ3n) is 4.79. The van der Waals surface area contributed by atoms with Crippen LogP contribution in [0.1, 0.15) is 23.6 Å². The highest BCUT2D eigenvalue weighted by atomic mass is 79.9. The Morgan fingerprint density at radius 3 is 2.34 bits per heavy atom. The Morgan fingerprint density at radius 1 is 1.03 bits per heavy atom. The number of nitrogens with zero attached hydrogens (tertiary/aromatic N) is 1. The van der Waals surface area contributed by atoms with Crippen LogP contribution in [0.3, 0.4) is 0 Å². The van der Waals surface area contributed by atoms with Crippen LogP contribution in [0.4, 0.5) is 5.69 Å². The molecule has 0 atom stereocenters. The van der Waals surface area contributed by atoms with Gasteiger partial charge in [-0.25, -0.2) is 0 Å². The zero-order valence-corrected chi connectivity index (χ0v) is 19.5. The van der Waals surface area contributed by atoms with Gasteiger partial charge in [-0.3, -0.25) is 4.79 Å². The molecule has 0 heterocycles. The molecular formula is C26H23BrN2O3. The van der Waals surface area contributed by atoms with Gasteiger partial charge in [-0.05, 0) is 65.6 Å². The molecule has 0 aliphatic rings. The van der Waals surface area contributed by atoms with Crippen molar-refractivity contribution in [3.05, 3.63) is 93.5 Å². The summed E-state index contributed by atoms with van der Waals surface area (Å²) in [6.45, 7) is 2.46.